The van der Waals surface area contributed by atoms with Gasteiger partial charge in [-0.1, -0.05) is 147 Å². The minimum absolute atomic E-state index is 0.295. The van der Waals surface area contributed by atoms with Crippen molar-refractivity contribution in [1.82, 2.24) is 0 Å². The van der Waals surface area contributed by atoms with Crippen LogP contribution in [0.25, 0.3) is 22.4 Å². The maximum Gasteiger partial charge on any atom is 0.212 e. The van der Waals surface area contributed by atoms with E-state index in [9.17, 15) is 0 Å². The Balaban J connectivity index is 0.000000138. The molecule has 8 aromatic rings. The summed E-state index contributed by atoms with van der Waals surface area (Å²) in [5.41, 5.74) is 18.6. The van der Waals surface area contributed by atoms with Crippen LogP contribution in [0.2, 0.25) is 0 Å². The third-order valence-corrected chi connectivity index (χ3v) is 13.1. The van der Waals surface area contributed by atoms with Crippen LogP contribution in [0.15, 0.2) is 207 Å². The third-order valence-electron chi connectivity index (χ3n) is 13.1. The van der Waals surface area contributed by atoms with Crippen LogP contribution < -0.4 is 24.2 Å². The highest BCUT2D eigenvalue weighted by molar-refractivity contribution is 5.84. The Kier molecular flexibility index (Phi) is 15.4. The lowest BCUT2D eigenvalue weighted by atomic mass is 9.99. The van der Waals surface area contributed by atoms with E-state index in [1.807, 2.05) is 48.1 Å². The van der Waals surface area contributed by atoms with Gasteiger partial charge in [-0.2, -0.15) is 0 Å². The Morgan fingerprint density at radius 3 is 1.51 bits per heavy atom. The maximum atomic E-state index is 7.74. The molecule has 0 saturated carbocycles. The highest BCUT2D eigenvalue weighted by Crippen LogP contribution is 2.43. The lowest BCUT2D eigenvalue weighted by Crippen LogP contribution is -2.36. The van der Waals surface area contributed by atoms with Crippen molar-refractivity contribution in [2.24, 2.45) is 7.05 Å². The monoisotopic (exact) mass is 899 g/mol. The molecule has 0 bridgehead atoms. The highest BCUT2D eigenvalue weighted by Gasteiger charge is 2.31. The SMILES string of the molecule is CCc1ccc(-c2ccccc2C)cc1.Cc1ccccc1N1C=CN(c2ccccc2)C1C.Cc1ccccc1N1c2ccccc2N(C)C1C.[2H]C([2H])(C)c1ccc(-c2ccccc2C)[n+](C)c1. The average molecular weight is 899 g/mol. The number of hydrogen-bond acceptors (Lipinski definition) is 4. The van der Waals surface area contributed by atoms with Gasteiger partial charge in [0, 0.05) is 56.4 Å². The van der Waals surface area contributed by atoms with Gasteiger partial charge in [0.25, 0.3) is 0 Å². The van der Waals surface area contributed by atoms with Gasteiger partial charge < -0.3 is 19.6 Å². The van der Waals surface area contributed by atoms with Gasteiger partial charge in [-0.3, -0.25) is 0 Å². The number of hydrogen-bond donors (Lipinski definition) is 0. The summed E-state index contributed by atoms with van der Waals surface area (Å²) in [4.78, 5) is 9.32. The average Bonchev–Trinajstić information content (AvgIpc) is 3.87. The maximum absolute atomic E-state index is 7.74. The van der Waals surface area contributed by atoms with E-state index in [0.717, 1.165) is 12.1 Å². The van der Waals surface area contributed by atoms with E-state index >= 15 is 0 Å². The number of para-hydroxylation sites is 5. The Morgan fingerprint density at radius 2 is 0.956 bits per heavy atom. The van der Waals surface area contributed by atoms with Gasteiger partial charge in [-0.25, -0.2) is 4.57 Å². The molecule has 2 unspecified atom stereocenters. The summed E-state index contributed by atoms with van der Waals surface area (Å²) in [5, 5.41) is 0. The Bertz CT molecular complexity index is 3000. The highest BCUT2D eigenvalue weighted by atomic mass is 15.4. The molecular weight excluding hydrogens is 827 g/mol. The Hall–Kier alpha value is -7.37. The number of rotatable bonds is 7. The smallest absolute Gasteiger partial charge is 0.212 e. The van der Waals surface area contributed by atoms with Crippen molar-refractivity contribution in [2.75, 3.05) is 26.6 Å². The second kappa shape index (κ2) is 22.9. The molecule has 68 heavy (non-hydrogen) atoms. The summed E-state index contributed by atoms with van der Waals surface area (Å²) in [6.07, 6.45) is 6.61. The first-order valence-corrected chi connectivity index (χ1v) is 23.9. The number of benzene rings is 7. The van der Waals surface area contributed by atoms with E-state index in [4.69, 9.17) is 2.74 Å². The second-order valence-corrected chi connectivity index (χ2v) is 17.6. The van der Waals surface area contributed by atoms with E-state index in [2.05, 4.69) is 245 Å². The molecule has 0 amide bonds. The predicted octanol–water partition coefficient (Wildman–Crippen LogP) is 15.3. The molecule has 2 aliphatic heterocycles. The first kappa shape index (κ1) is 45.8. The number of pyridine rings is 1. The summed E-state index contributed by atoms with van der Waals surface area (Å²) in [5.74, 6) is 0. The van der Waals surface area contributed by atoms with Crippen LogP contribution in [-0.2, 0) is 19.8 Å². The molecule has 3 heterocycles. The van der Waals surface area contributed by atoms with Crippen molar-refractivity contribution in [2.45, 2.75) is 80.5 Å². The standard InChI is InChI=1S/C17H18N2.C16H18N2.C15H18N.C15H16/c1-14-8-6-7-11-17(14)19-13-12-18(15(19)2)16-9-4-3-5-10-16;1-12-8-4-5-9-14(12)18-13(2)17(3)15-10-6-7-11-16(15)18;1-4-13-9-10-15(16(3)11-13)14-8-6-5-7-12(14)2;1-3-13-8-10-14(11-9-13)15-7-5-4-6-12(15)2/h3-13,15H,1-2H3;4-11,13H,1-3H3;5-11H,4H2,1-3H3;4-11H,3H2,1-2H3/q;;+1;/i;;4D2;. The first-order chi connectivity index (χ1) is 33.7. The van der Waals surface area contributed by atoms with Crippen LogP contribution >= 0.6 is 0 Å². The van der Waals surface area contributed by atoms with Crippen molar-refractivity contribution in [3.05, 3.63) is 240 Å². The quantitative estimate of drug-likeness (QED) is 0.148. The number of aryl methyl sites for hydroxylation is 7. The number of aromatic nitrogens is 1. The largest absolute Gasteiger partial charge is 0.353 e. The molecule has 10 rings (SSSR count). The summed E-state index contributed by atoms with van der Waals surface area (Å²) in [6, 6.07) is 65.6. The number of nitrogens with zero attached hydrogens (tertiary/aromatic N) is 5. The Morgan fingerprint density at radius 1 is 0.471 bits per heavy atom. The lowest BCUT2D eigenvalue weighted by molar-refractivity contribution is -0.660. The van der Waals surface area contributed by atoms with Crippen molar-refractivity contribution >= 4 is 28.4 Å². The molecule has 7 aromatic carbocycles. The van der Waals surface area contributed by atoms with Crippen molar-refractivity contribution < 1.29 is 7.31 Å². The minimum Gasteiger partial charge on any atom is -0.353 e. The number of fused-ring (bicyclic) bond motifs is 1. The van der Waals surface area contributed by atoms with E-state index in [1.54, 1.807) is 6.92 Å². The van der Waals surface area contributed by atoms with Crippen LogP contribution in [-0.4, -0.2) is 19.4 Å². The molecule has 2 atom stereocenters. The molecule has 0 saturated heterocycles. The molecule has 346 valence electrons. The fourth-order valence-corrected chi connectivity index (χ4v) is 8.98. The molecule has 0 radical (unpaired) electrons. The third kappa shape index (κ3) is 11.2. The number of anilines is 5. The molecule has 5 heteroatoms. The van der Waals surface area contributed by atoms with Crippen LogP contribution in [0.4, 0.5) is 28.4 Å². The molecule has 0 spiro atoms. The van der Waals surface area contributed by atoms with Gasteiger partial charge in [0.2, 0.25) is 5.69 Å². The molecule has 0 N–H and O–H groups in total. The summed E-state index contributed by atoms with van der Waals surface area (Å²) in [7, 11) is 4.11. The topological polar surface area (TPSA) is 16.8 Å². The van der Waals surface area contributed by atoms with Crippen LogP contribution in [0.1, 0.15) is 63.8 Å². The molecule has 2 aliphatic rings. The van der Waals surface area contributed by atoms with Gasteiger partial charge in [-0.05, 0) is 142 Å². The van der Waals surface area contributed by atoms with Crippen molar-refractivity contribution in [1.29, 1.82) is 0 Å². The molecule has 0 aliphatic carbocycles. The van der Waals surface area contributed by atoms with Gasteiger partial charge in [0.15, 0.2) is 6.20 Å². The van der Waals surface area contributed by atoms with Gasteiger partial charge in [0.05, 0.1) is 11.4 Å². The minimum atomic E-state index is -1.30. The fraction of sp³-hybridized carbons (Fsp3) is 0.222. The zero-order valence-corrected chi connectivity index (χ0v) is 41.7. The molecular formula is C63H70N5+. The van der Waals surface area contributed by atoms with Crippen molar-refractivity contribution in [3.8, 4) is 22.4 Å². The van der Waals surface area contributed by atoms with E-state index in [0.29, 0.717) is 17.9 Å². The molecule has 0 fully saturated rings. The van der Waals surface area contributed by atoms with E-state index in [-0.39, 0.29) is 0 Å². The lowest BCUT2D eigenvalue weighted by Gasteiger charge is -2.30. The zero-order chi connectivity index (χ0) is 50.0. The summed E-state index contributed by atoms with van der Waals surface area (Å²) < 4.78 is 17.5. The predicted molar refractivity (Wildman–Crippen MR) is 292 cm³/mol. The second-order valence-electron chi connectivity index (χ2n) is 17.6. The summed E-state index contributed by atoms with van der Waals surface area (Å²) in [6.45, 7) is 16.8. The first-order valence-electron chi connectivity index (χ1n) is 24.9. The Labute approximate surface area is 410 Å². The van der Waals surface area contributed by atoms with E-state index in [1.165, 1.54) is 72.9 Å². The van der Waals surface area contributed by atoms with E-state index < -0.39 is 6.37 Å². The molecule has 5 nitrogen and oxygen atoms in total. The van der Waals surface area contributed by atoms with Gasteiger partial charge in [-0.15, -0.1) is 0 Å². The van der Waals surface area contributed by atoms with Crippen LogP contribution in [0, 0.1) is 27.7 Å². The van der Waals surface area contributed by atoms with Gasteiger partial charge in [0.1, 0.15) is 19.4 Å². The van der Waals surface area contributed by atoms with Crippen molar-refractivity contribution in [3.63, 3.8) is 0 Å². The molecule has 1 aromatic heterocycles. The summed E-state index contributed by atoms with van der Waals surface area (Å²) >= 11 is 0. The fourth-order valence-electron chi connectivity index (χ4n) is 8.98. The van der Waals surface area contributed by atoms with Crippen LogP contribution in [0.5, 0.6) is 0 Å². The normalized spacial score (nSPS) is 15.2. The van der Waals surface area contributed by atoms with Gasteiger partial charge >= 0.3 is 0 Å². The van der Waals surface area contributed by atoms with Crippen LogP contribution in [0.3, 0.4) is 0 Å². The zero-order valence-electron chi connectivity index (χ0n) is 43.7.